The van der Waals surface area contributed by atoms with Gasteiger partial charge in [0.2, 0.25) is 0 Å². The first-order valence-corrected chi connectivity index (χ1v) is 8.51. The standard InChI is InChI=1S/C20H15NO2S/c21-13-15-1-4-17(5-2-15)18-6-8-19(9-7-18)23-20(22)10-3-16-11-12-24-14-16/h1-2,4-9,11-12,14H,3,10H2. The lowest BCUT2D eigenvalue weighted by Gasteiger charge is -2.06. The number of carbonyl (C=O) groups is 1. The van der Waals surface area contributed by atoms with E-state index in [1.54, 1.807) is 35.6 Å². The van der Waals surface area contributed by atoms with E-state index in [2.05, 4.69) is 6.07 Å². The van der Waals surface area contributed by atoms with Crippen molar-refractivity contribution in [3.63, 3.8) is 0 Å². The van der Waals surface area contributed by atoms with E-state index in [0.717, 1.165) is 16.7 Å². The zero-order chi connectivity index (χ0) is 16.8. The first kappa shape index (κ1) is 16.0. The highest BCUT2D eigenvalue weighted by Gasteiger charge is 2.06. The van der Waals surface area contributed by atoms with Gasteiger partial charge in [-0.2, -0.15) is 16.6 Å². The number of thiophene rings is 1. The topological polar surface area (TPSA) is 50.1 Å². The summed E-state index contributed by atoms with van der Waals surface area (Å²) in [6.45, 7) is 0. The smallest absolute Gasteiger partial charge is 0.311 e. The molecular formula is C20H15NO2S. The van der Waals surface area contributed by atoms with Crippen LogP contribution in [-0.2, 0) is 11.2 Å². The highest BCUT2D eigenvalue weighted by molar-refractivity contribution is 7.07. The number of rotatable bonds is 5. The largest absolute Gasteiger partial charge is 0.427 e. The molecule has 0 spiro atoms. The van der Waals surface area contributed by atoms with E-state index < -0.39 is 0 Å². The van der Waals surface area contributed by atoms with Crippen LogP contribution in [0.3, 0.4) is 0 Å². The fourth-order valence-electron chi connectivity index (χ4n) is 2.32. The lowest BCUT2D eigenvalue weighted by molar-refractivity contribution is -0.134. The number of hydrogen-bond donors (Lipinski definition) is 0. The maximum absolute atomic E-state index is 11.9. The first-order valence-electron chi connectivity index (χ1n) is 7.57. The predicted molar refractivity (Wildman–Crippen MR) is 94.9 cm³/mol. The van der Waals surface area contributed by atoms with Crippen LogP contribution in [0, 0.1) is 11.3 Å². The highest BCUT2D eigenvalue weighted by Crippen LogP contribution is 2.23. The van der Waals surface area contributed by atoms with Gasteiger partial charge in [-0.25, -0.2) is 0 Å². The molecule has 3 rings (SSSR count). The molecule has 2 aromatic carbocycles. The monoisotopic (exact) mass is 333 g/mol. The van der Waals surface area contributed by atoms with Gasteiger partial charge in [-0.05, 0) is 64.2 Å². The van der Waals surface area contributed by atoms with Gasteiger partial charge >= 0.3 is 5.97 Å². The Morgan fingerprint density at radius 1 is 1.00 bits per heavy atom. The minimum atomic E-state index is -0.229. The van der Waals surface area contributed by atoms with Crippen LogP contribution in [0.5, 0.6) is 5.75 Å². The lowest BCUT2D eigenvalue weighted by Crippen LogP contribution is -2.08. The fourth-order valence-corrected chi connectivity index (χ4v) is 3.02. The molecule has 0 bridgehead atoms. The summed E-state index contributed by atoms with van der Waals surface area (Å²) in [6, 6.07) is 18.9. The number of carbonyl (C=O) groups excluding carboxylic acids is 1. The van der Waals surface area contributed by atoms with Crippen molar-refractivity contribution >= 4 is 17.3 Å². The van der Waals surface area contributed by atoms with Gasteiger partial charge in [-0.3, -0.25) is 4.79 Å². The van der Waals surface area contributed by atoms with Gasteiger partial charge in [0.15, 0.2) is 0 Å². The molecule has 0 aliphatic heterocycles. The summed E-state index contributed by atoms with van der Waals surface area (Å²) in [5.41, 5.74) is 3.82. The summed E-state index contributed by atoms with van der Waals surface area (Å²) in [5, 5.41) is 12.9. The summed E-state index contributed by atoms with van der Waals surface area (Å²) in [4.78, 5) is 11.9. The number of nitriles is 1. The SMILES string of the molecule is N#Cc1ccc(-c2ccc(OC(=O)CCc3ccsc3)cc2)cc1. The maximum Gasteiger partial charge on any atom is 0.311 e. The van der Waals surface area contributed by atoms with Crippen LogP contribution in [0.25, 0.3) is 11.1 Å². The number of benzene rings is 2. The second-order valence-corrected chi connectivity index (χ2v) is 6.10. The number of aryl methyl sites for hydroxylation is 1. The van der Waals surface area contributed by atoms with Gasteiger partial charge in [0.05, 0.1) is 18.1 Å². The molecule has 0 saturated heterocycles. The molecule has 0 N–H and O–H groups in total. The van der Waals surface area contributed by atoms with E-state index in [0.29, 0.717) is 24.2 Å². The van der Waals surface area contributed by atoms with Crippen LogP contribution in [0.1, 0.15) is 17.5 Å². The van der Waals surface area contributed by atoms with Crippen LogP contribution in [0.2, 0.25) is 0 Å². The van der Waals surface area contributed by atoms with E-state index >= 15 is 0 Å². The van der Waals surface area contributed by atoms with E-state index in [4.69, 9.17) is 10.00 Å². The summed E-state index contributed by atoms with van der Waals surface area (Å²) in [5.74, 6) is 0.315. The fraction of sp³-hybridized carbons (Fsp3) is 0.100. The van der Waals surface area contributed by atoms with Gasteiger partial charge in [0, 0.05) is 0 Å². The van der Waals surface area contributed by atoms with Crippen molar-refractivity contribution in [2.24, 2.45) is 0 Å². The molecule has 0 atom stereocenters. The Labute approximate surface area is 144 Å². The highest BCUT2D eigenvalue weighted by atomic mass is 32.1. The normalized spacial score (nSPS) is 10.1. The average molecular weight is 333 g/mol. The van der Waals surface area contributed by atoms with Gasteiger partial charge in [-0.1, -0.05) is 24.3 Å². The Morgan fingerprint density at radius 3 is 2.25 bits per heavy atom. The Balaban J connectivity index is 1.59. The van der Waals surface area contributed by atoms with Gasteiger partial charge < -0.3 is 4.74 Å². The molecule has 1 heterocycles. The van der Waals surface area contributed by atoms with Crippen LogP contribution in [0.15, 0.2) is 65.4 Å². The molecule has 0 radical (unpaired) electrons. The third-order valence-corrected chi connectivity index (χ3v) is 4.36. The van der Waals surface area contributed by atoms with E-state index in [1.165, 1.54) is 0 Å². The molecule has 0 unspecified atom stereocenters. The number of ether oxygens (including phenoxy) is 1. The summed E-state index contributed by atoms with van der Waals surface area (Å²) < 4.78 is 5.36. The molecule has 0 saturated carbocycles. The minimum Gasteiger partial charge on any atom is -0.427 e. The van der Waals surface area contributed by atoms with Crippen LogP contribution < -0.4 is 4.74 Å². The summed E-state index contributed by atoms with van der Waals surface area (Å²) >= 11 is 1.63. The number of esters is 1. The number of nitrogens with zero attached hydrogens (tertiary/aromatic N) is 1. The third-order valence-electron chi connectivity index (χ3n) is 3.63. The first-order chi connectivity index (χ1) is 11.7. The molecule has 4 heteroatoms. The zero-order valence-corrected chi connectivity index (χ0v) is 13.8. The van der Waals surface area contributed by atoms with Crippen LogP contribution in [-0.4, -0.2) is 5.97 Å². The van der Waals surface area contributed by atoms with Crippen molar-refractivity contribution in [2.45, 2.75) is 12.8 Å². The van der Waals surface area contributed by atoms with Gasteiger partial charge in [0.25, 0.3) is 0 Å². The van der Waals surface area contributed by atoms with Crippen molar-refractivity contribution in [1.82, 2.24) is 0 Å². The molecule has 118 valence electrons. The van der Waals surface area contributed by atoms with Crippen LogP contribution in [0.4, 0.5) is 0 Å². The van der Waals surface area contributed by atoms with Gasteiger partial charge in [0.1, 0.15) is 5.75 Å². The van der Waals surface area contributed by atoms with E-state index in [1.807, 2.05) is 41.1 Å². The van der Waals surface area contributed by atoms with Crippen molar-refractivity contribution in [1.29, 1.82) is 5.26 Å². The van der Waals surface area contributed by atoms with E-state index in [9.17, 15) is 4.79 Å². The molecule has 3 aromatic rings. The molecule has 0 fully saturated rings. The van der Waals surface area contributed by atoms with Crippen molar-refractivity contribution in [3.05, 3.63) is 76.5 Å². The van der Waals surface area contributed by atoms with Crippen LogP contribution >= 0.6 is 11.3 Å². The van der Waals surface area contributed by atoms with E-state index in [-0.39, 0.29) is 5.97 Å². The molecule has 0 amide bonds. The second kappa shape index (κ2) is 7.58. The zero-order valence-electron chi connectivity index (χ0n) is 12.9. The lowest BCUT2D eigenvalue weighted by atomic mass is 10.0. The molecule has 24 heavy (non-hydrogen) atoms. The summed E-state index contributed by atoms with van der Waals surface area (Å²) in [6.07, 6.45) is 1.07. The average Bonchev–Trinajstić information content (AvgIpc) is 3.14. The predicted octanol–water partition coefficient (Wildman–Crippen LogP) is 4.82. The Bertz CT molecular complexity index is 844. The number of hydrogen-bond acceptors (Lipinski definition) is 4. The minimum absolute atomic E-state index is 0.229. The Morgan fingerprint density at radius 2 is 1.67 bits per heavy atom. The quantitative estimate of drug-likeness (QED) is 0.496. The van der Waals surface area contributed by atoms with Crippen molar-refractivity contribution < 1.29 is 9.53 Å². The Kier molecular flexibility index (Phi) is 5.05. The Hall–Kier alpha value is -2.90. The van der Waals surface area contributed by atoms with Crippen molar-refractivity contribution in [2.75, 3.05) is 0 Å². The van der Waals surface area contributed by atoms with Crippen molar-refractivity contribution in [3.8, 4) is 22.9 Å². The maximum atomic E-state index is 11.9. The van der Waals surface area contributed by atoms with Gasteiger partial charge in [-0.15, -0.1) is 0 Å². The molecule has 1 aromatic heterocycles. The third kappa shape index (κ3) is 4.09. The molecular weight excluding hydrogens is 318 g/mol. The summed E-state index contributed by atoms with van der Waals surface area (Å²) in [7, 11) is 0. The molecule has 3 nitrogen and oxygen atoms in total. The molecule has 0 aliphatic carbocycles. The molecule has 0 aliphatic rings. The second-order valence-electron chi connectivity index (χ2n) is 5.32.